The maximum absolute atomic E-state index is 9.98. The highest BCUT2D eigenvalue weighted by Gasteiger charge is 1.90. The Kier molecular flexibility index (Phi) is 3.26. The van der Waals surface area contributed by atoms with Crippen molar-refractivity contribution in [1.29, 1.82) is 0 Å². The normalized spacial score (nSPS) is 10.8. The van der Waals surface area contributed by atoms with Crippen molar-refractivity contribution in [2.45, 2.75) is 19.9 Å². The van der Waals surface area contributed by atoms with Gasteiger partial charge in [0.25, 0.3) is 0 Å². The molecule has 0 atom stereocenters. The average molecular weight is 164 g/mol. The molecule has 1 heterocycles. The van der Waals surface area contributed by atoms with Crippen LogP contribution in [0, 0.1) is 0 Å². The smallest absolute Gasteiger partial charge is 0.123 e. The van der Waals surface area contributed by atoms with Crippen molar-refractivity contribution in [1.82, 2.24) is 9.78 Å². The molecule has 1 aromatic heterocycles. The standard InChI is InChI=1S/C9H12N2O/c1-2-11-8-9(7-10-11)5-3-4-6-12/h3,5-8H,2,4H2,1H3. The van der Waals surface area contributed by atoms with E-state index in [9.17, 15) is 4.79 Å². The van der Waals surface area contributed by atoms with Crippen LogP contribution < -0.4 is 0 Å². The van der Waals surface area contributed by atoms with E-state index in [4.69, 9.17) is 0 Å². The van der Waals surface area contributed by atoms with Crippen LogP contribution in [0.25, 0.3) is 6.08 Å². The summed E-state index contributed by atoms with van der Waals surface area (Å²) in [6, 6.07) is 0. The Bertz CT molecular complexity index is 276. The van der Waals surface area contributed by atoms with Gasteiger partial charge in [-0.2, -0.15) is 5.10 Å². The molecule has 12 heavy (non-hydrogen) atoms. The highest BCUT2D eigenvalue weighted by atomic mass is 16.1. The summed E-state index contributed by atoms with van der Waals surface area (Å²) in [7, 11) is 0. The van der Waals surface area contributed by atoms with Crippen LogP contribution in [-0.2, 0) is 11.3 Å². The van der Waals surface area contributed by atoms with Gasteiger partial charge in [0.15, 0.2) is 0 Å². The first-order valence-corrected chi connectivity index (χ1v) is 3.99. The maximum atomic E-state index is 9.98. The van der Waals surface area contributed by atoms with Crippen molar-refractivity contribution in [3.63, 3.8) is 0 Å². The van der Waals surface area contributed by atoms with Crippen LogP contribution in [-0.4, -0.2) is 16.1 Å². The fourth-order valence-corrected chi connectivity index (χ4v) is 0.898. The van der Waals surface area contributed by atoms with Gasteiger partial charge in [-0.15, -0.1) is 0 Å². The summed E-state index contributed by atoms with van der Waals surface area (Å²) in [6.45, 7) is 2.91. The second kappa shape index (κ2) is 4.49. The monoisotopic (exact) mass is 164 g/mol. The van der Waals surface area contributed by atoms with Crippen molar-refractivity contribution in [3.05, 3.63) is 24.0 Å². The van der Waals surface area contributed by atoms with Crippen LogP contribution in [0.15, 0.2) is 18.5 Å². The van der Waals surface area contributed by atoms with E-state index in [1.807, 2.05) is 30.0 Å². The minimum Gasteiger partial charge on any atom is -0.303 e. The minimum absolute atomic E-state index is 0.470. The number of aryl methyl sites for hydroxylation is 1. The Hall–Kier alpha value is -1.38. The molecular weight excluding hydrogens is 152 g/mol. The maximum Gasteiger partial charge on any atom is 0.123 e. The van der Waals surface area contributed by atoms with Gasteiger partial charge in [-0.25, -0.2) is 0 Å². The van der Waals surface area contributed by atoms with Crippen molar-refractivity contribution in [2.75, 3.05) is 0 Å². The minimum atomic E-state index is 0.470. The number of hydrogen-bond acceptors (Lipinski definition) is 2. The number of aromatic nitrogens is 2. The summed E-state index contributed by atoms with van der Waals surface area (Å²) in [5.41, 5.74) is 1.04. The SMILES string of the molecule is CCn1cc(C=CCC=O)cn1. The third-order valence-corrected chi connectivity index (χ3v) is 1.52. The molecule has 0 aliphatic heterocycles. The van der Waals surface area contributed by atoms with E-state index in [-0.39, 0.29) is 0 Å². The zero-order valence-corrected chi connectivity index (χ0v) is 7.10. The first-order chi connectivity index (χ1) is 5.86. The lowest BCUT2D eigenvalue weighted by atomic mass is 10.3. The molecule has 0 saturated carbocycles. The van der Waals surface area contributed by atoms with Crippen molar-refractivity contribution < 1.29 is 4.79 Å². The van der Waals surface area contributed by atoms with Gasteiger partial charge in [-0.05, 0) is 6.92 Å². The van der Waals surface area contributed by atoms with E-state index >= 15 is 0 Å². The second-order valence-corrected chi connectivity index (χ2v) is 2.43. The first-order valence-electron chi connectivity index (χ1n) is 3.99. The van der Waals surface area contributed by atoms with Crippen molar-refractivity contribution in [3.8, 4) is 0 Å². The van der Waals surface area contributed by atoms with Gasteiger partial charge in [-0.1, -0.05) is 12.2 Å². The molecule has 3 nitrogen and oxygen atoms in total. The number of rotatable bonds is 4. The van der Waals surface area contributed by atoms with E-state index in [1.54, 1.807) is 6.20 Å². The molecule has 64 valence electrons. The molecule has 0 fully saturated rings. The Morgan fingerprint density at radius 1 is 1.67 bits per heavy atom. The quantitative estimate of drug-likeness (QED) is 0.632. The molecule has 0 aliphatic carbocycles. The summed E-state index contributed by atoms with van der Waals surface area (Å²) in [5.74, 6) is 0. The molecule has 1 rings (SSSR count). The highest BCUT2D eigenvalue weighted by molar-refractivity contribution is 5.57. The van der Waals surface area contributed by atoms with Crippen LogP contribution in [0.3, 0.4) is 0 Å². The molecule has 0 aromatic carbocycles. The summed E-state index contributed by atoms with van der Waals surface area (Å²) >= 11 is 0. The van der Waals surface area contributed by atoms with E-state index in [0.29, 0.717) is 6.42 Å². The van der Waals surface area contributed by atoms with Crippen LogP contribution in [0.2, 0.25) is 0 Å². The van der Waals surface area contributed by atoms with Gasteiger partial charge in [0.05, 0.1) is 6.20 Å². The summed E-state index contributed by atoms with van der Waals surface area (Å²) in [6.07, 6.45) is 8.79. The first kappa shape index (κ1) is 8.71. The number of carbonyl (C=O) groups excluding carboxylic acids is 1. The van der Waals surface area contributed by atoms with E-state index in [2.05, 4.69) is 5.10 Å². The summed E-state index contributed by atoms with van der Waals surface area (Å²) < 4.78 is 1.85. The van der Waals surface area contributed by atoms with Gasteiger partial charge in [0.2, 0.25) is 0 Å². The molecule has 0 bridgehead atoms. The van der Waals surface area contributed by atoms with E-state index in [1.165, 1.54) is 0 Å². The molecule has 0 N–H and O–H groups in total. The molecular formula is C9H12N2O. The molecule has 0 radical (unpaired) electrons. The summed E-state index contributed by atoms with van der Waals surface area (Å²) in [5, 5.41) is 4.09. The van der Waals surface area contributed by atoms with Crippen molar-refractivity contribution in [2.24, 2.45) is 0 Å². The van der Waals surface area contributed by atoms with Crippen molar-refractivity contribution >= 4 is 12.4 Å². The third kappa shape index (κ3) is 2.34. The molecule has 3 heteroatoms. The van der Waals surface area contributed by atoms with Crippen LogP contribution in [0.5, 0.6) is 0 Å². The highest BCUT2D eigenvalue weighted by Crippen LogP contribution is 2.00. The molecule has 0 saturated heterocycles. The van der Waals surface area contributed by atoms with Gasteiger partial charge in [0.1, 0.15) is 6.29 Å². The largest absolute Gasteiger partial charge is 0.303 e. The molecule has 0 amide bonds. The number of carbonyl (C=O) groups is 1. The zero-order valence-electron chi connectivity index (χ0n) is 7.10. The third-order valence-electron chi connectivity index (χ3n) is 1.52. The lowest BCUT2D eigenvalue weighted by molar-refractivity contribution is -0.107. The van der Waals surface area contributed by atoms with E-state index < -0.39 is 0 Å². The topological polar surface area (TPSA) is 34.9 Å². The van der Waals surface area contributed by atoms with Gasteiger partial charge in [-0.3, -0.25) is 4.68 Å². The molecule has 0 aliphatic rings. The fraction of sp³-hybridized carbons (Fsp3) is 0.333. The summed E-state index contributed by atoms with van der Waals surface area (Å²) in [4.78, 5) is 9.98. The predicted molar refractivity (Wildman–Crippen MR) is 47.6 cm³/mol. The zero-order chi connectivity index (χ0) is 8.81. The lowest BCUT2D eigenvalue weighted by Crippen LogP contribution is -1.91. The predicted octanol–water partition coefficient (Wildman–Crippen LogP) is 1.51. The number of hydrogen-bond donors (Lipinski definition) is 0. The van der Waals surface area contributed by atoms with Crippen LogP contribution in [0.1, 0.15) is 18.9 Å². The number of aldehydes is 1. The average Bonchev–Trinajstić information content (AvgIpc) is 2.53. The van der Waals surface area contributed by atoms with Crippen LogP contribution >= 0.6 is 0 Å². The Labute approximate surface area is 71.7 Å². The molecule has 1 aromatic rings. The van der Waals surface area contributed by atoms with Crippen LogP contribution in [0.4, 0.5) is 0 Å². The van der Waals surface area contributed by atoms with Gasteiger partial charge >= 0.3 is 0 Å². The second-order valence-electron chi connectivity index (χ2n) is 2.43. The fourth-order valence-electron chi connectivity index (χ4n) is 0.898. The lowest BCUT2D eigenvalue weighted by Gasteiger charge is -1.89. The Balaban J connectivity index is 2.57. The van der Waals surface area contributed by atoms with E-state index in [0.717, 1.165) is 18.4 Å². The number of nitrogens with zero attached hydrogens (tertiary/aromatic N) is 2. The Morgan fingerprint density at radius 3 is 3.08 bits per heavy atom. The van der Waals surface area contributed by atoms with Gasteiger partial charge < -0.3 is 4.79 Å². The van der Waals surface area contributed by atoms with Gasteiger partial charge in [0, 0.05) is 24.7 Å². The Morgan fingerprint density at radius 2 is 2.50 bits per heavy atom. The molecule has 0 unspecified atom stereocenters. The number of allylic oxidation sites excluding steroid dienone is 1. The molecule has 0 spiro atoms.